The van der Waals surface area contributed by atoms with Crippen LogP contribution in [0, 0.1) is 10.1 Å². The molecule has 0 unspecified atom stereocenters. The fourth-order valence-electron chi connectivity index (χ4n) is 2.50. The maximum absolute atomic E-state index is 12.7. The predicted octanol–water partition coefficient (Wildman–Crippen LogP) is 4.04. The van der Waals surface area contributed by atoms with Crippen LogP contribution in [0.15, 0.2) is 42.5 Å². The van der Waals surface area contributed by atoms with Crippen LogP contribution in [0.1, 0.15) is 28.9 Å². The quantitative estimate of drug-likeness (QED) is 0.535. The van der Waals surface area contributed by atoms with E-state index < -0.39 is 23.5 Å². The van der Waals surface area contributed by atoms with Gasteiger partial charge in [-0.2, -0.15) is 8.78 Å². The van der Waals surface area contributed by atoms with Crippen molar-refractivity contribution < 1.29 is 28.0 Å². The fraction of sp³-hybridized carbons (Fsp3) is 0.278. The minimum atomic E-state index is -3.02. The number of benzene rings is 2. The van der Waals surface area contributed by atoms with Gasteiger partial charge >= 0.3 is 6.61 Å². The lowest BCUT2D eigenvalue weighted by molar-refractivity contribution is -0.384. The number of methoxy groups -OCH3 is 1. The maximum Gasteiger partial charge on any atom is 0.387 e. The van der Waals surface area contributed by atoms with Crippen molar-refractivity contribution in [2.24, 2.45) is 0 Å². The van der Waals surface area contributed by atoms with E-state index in [1.165, 1.54) is 42.3 Å². The van der Waals surface area contributed by atoms with Crippen LogP contribution in [0.5, 0.6) is 11.5 Å². The zero-order valence-electron chi connectivity index (χ0n) is 14.9. The highest BCUT2D eigenvalue weighted by atomic mass is 19.3. The molecule has 0 saturated heterocycles. The molecule has 144 valence electrons. The second-order valence-electron chi connectivity index (χ2n) is 5.69. The molecule has 2 rings (SSSR count). The molecule has 0 aliphatic carbocycles. The first-order valence-corrected chi connectivity index (χ1v) is 7.89. The predicted molar refractivity (Wildman–Crippen MR) is 93.2 cm³/mol. The number of nitro benzene ring substituents is 1. The van der Waals surface area contributed by atoms with E-state index in [1.54, 1.807) is 26.1 Å². The number of halogens is 2. The van der Waals surface area contributed by atoms with Crippen molar-refractivity contribution in [3.8, 4) is 11.5 Å². The van der Waals surface area contributed by atoms with Crippen LogP contribution in [-0.4, -0.2) is 36.5 Å². The normalized spacial score (nSPS) is 11.8. The third-order valence-corrected chi connectivity index (χ3v) is 4.09. The summed E-state index contributed by atoms with van der Waals surface area (Å²) in [6.07, 6.45) is 0. The first-order chi connectivity index (χ1) is 12.7. The minimum absolute atomic E-state index is 0.00227. The number of nitrogens with zero attached hydrogens (tertiary/aromatic N) is 2. The Morgan fingerprint density at radius 3 is 2.48 bits per heavy atom. The Kier molecular flexibility index (Phi) is 6.27. The second-order valence-corrected chi connectivity index (χ2v) is 5.69. The number of carbonyl (C=O) groups is 1. The fourth-order valence-corrected chi connectivity index (χ4v) is 2.50. The van der Waals surface area contributed by atoms with Crippen molar-refractivity contribution in [1.29, 1.82) is 0 Å². The van der Waals surface area contributed by atoms with E-state index in [0.29, 0.717) is 5.56 Å². The monoisotopic (exact) mass is 380 g/mol. The highest BCUT2D eigenvalue weighted by molar-refractivity contribution is 5.95. The molecule has 0 heterocycles. The summed E-state index contributed by atoms with van der Waals surface area (Å²) in [5.74, 6) is -0.591. The Labute approximate surface area is 154 Å². The van der Waals surface area contributed by atoms with Crippen LogP contribution in [-0.2, 0) is 0 Å². The first-order valence-electron chi connectivity index (χ1n) is 7.89. The van der Waals surface area contributed by atoms with Crippen LogP contribution in [0.4, 0.5) is 14.5 Å². The van der Waals surface area contributed by atoms with Crippen LogP contribution in [0.2, 0.25) is 0 Å². The number of nitro groups is 1. The average molecular weight is 380 g/mol. The van der Waals surface area contributed by atoms with Crippen LogP contribution in [0.25, 0.3) is 0 Å². The summed E-state index contributed by atoms with van der Waals surface area (Å²) in [6, 6.07) is 9.41. The SMILES string of the molecule is COc1cc(C(=O)N(C)[C@@H](C)c2cccc([N+](=O)[O-])c2)ccc1OC(F)F. The number of hydrogen-bond donors (Lipinski definition) is 0. The molecule has 0 fully saturated rings. The van der Waals surface area contributed by atoms with E-state index in [1.807, 2.05) is 0 Å². The van der Waals surface area contributed by atoms with Gasteiger partial charge in [0.15, 0.2) is 11.5 Å². The number of amides is 1. The molecule has 27 heavy (non-hydrogen) atoms. The molecule has 2 aromatic carbocycles. The molecule has 7 nitrogen and oxygen atoms in total. The van der Waals surface area contributed by atoms with Gasteiger partial charge in [-0.15, -0.1) is 0 Å². The van der Waals surface area contributed by atoms with Crippen LogP contribution < -0.4 is 9.47 Å². The summed E-state index contributed by atoms with van der Waals surface area (Å²) in [5, 5.41) is 10.9. The van der Waals surface area contributed by atoms with Gasteiger partial charge in [0, 0.05) is 24.7 Å². The number of alkyl halides is 2. The number of ether oxygens (including phenoxy) is 2. The minimum Gasteiger partial charge on any atom is -0.493 e. The standard InChI is InChI=1S/C18H18F2N2O5/c1-11(12-5-4-6-14(9-12)22(24)25)21(2)17(23)13-7-8-15(27-18(19)20)16(10-13)26-3/h4-11,18H,1-3H3/t11-/m0/s1. The van der Waals surface area contributed by atoms with E-state index >= 15 is 0 Å². The van der Waals surface area contributed by atoms with Crippen molar-refractivity contribution in [2.45, 2.75) is 19.6 Å². The van der Waals surface area contributed by atoms with Crippen molar-refractivity contribution in [3.63, 3.8) is 0 Å². The molecule has 1 amide bonds. The van der Waals surface area contributed by atoms with Crippen LogP contribution in [0.3, 0.4) is 0 Å². The van der Waals surface area contributed by atoms with E-state index in [9.17, 15) is 23.7 Å². The van der Waals surface area contributed by atoms with Gasteiger partial charge in [-0.05, 0) is 30.7 Å². The van der Waals surface area contributed by atoms with E-state index in [4.69, 9.17) is 4.74 Å². The van der Waals surface area contributed by atoms with Crippen LogP contribution >= 0.6 is 0 Å². The Morgan fingerprint density at radius 1 is 1.19 bits per heavy atom. The average Bonchev–Trinajstić information content (AvgIpc) is 2.66. The summed E-state index contributed by atoms with van der Waals surface area (Å²) in [5.41, 5.74) is 0.716. The Balaban J connectivity index is 2.26. The summed E-state index contributed by atoms with van der Waals surface area (Å²) in [6.45, 7) is -1.29. The molecular weight excluding hydrogens is 362 g/mol. The molecule has 2 aromatic rings. The zero-order chi connectivity index (χ0) is 20.1. The topological polar surface area (TPSA) is 81.9 Å². The van der Waals surface area contributed by atoms with Gasteiger partial charge in [-0.3, -0.25) is 14.9 Å². The Morgan fingerprint density at radius 2 is 1.89 bits per heavy atom. The highest BCUT2D eigenvalue weighted by Crippen LogP contribution is 2.31. The number of hydrogen-bond acceptors (Lipinski definition) is 5. The molecule has 1 atom stereocenters. The third-order valence-electron chi connectivity index (χ3n) is 4.09. The van der Waals surface area contributed by atoms with Gasteiger partial charge in [0.1, 0.15) is 0 Å². The van der Waals surface area contributed by atoms with Gasteiger partial charge < -0.3 is 14.4 Å². The Hall–Kier alpha value is -3.23. The van der Waals surface area contributed by atoms with Gasteiger partial charge in [-0.25, -0.2) is 0 Å². The maximum atomic E-state index is 12.7. The smallest absolute Gasteiger partial charge is 0.387 e. The number of carbonyl (C=O) groups excluding carboxylic acids is 1. The summed E-state index contributed by atoms with van der Waals surface area (Å²) >= 11 is 0. The van der Waals surface area contributed by atoms with Crippen molar-refractivity contribution >= 4 is 11.6 Å². The summed E-state index contributed by atoms with van der Waals surface area (Å²) < 4.78 is 34.1. The van der Waals surface area contributed by atoms with Gasteiger partial charge in [-0.1, -0.05) is 12.1 Å². The molecule has 0 aliphatic rings. The lowest BCUT2D eigenvalue weighted by atomic mass is 10.1. The lowest BCUT2D eigenvalue weighted by Gasteiger charge is -2.25. The summed E-state index contributed by atoms with van der Waals surface area (Å²) in [7, 11) is 2.82. The van der Waals surface area contributed by atoms with Gasteiger partial charge in [0.05, 0.1) is 18.1 Å². The highest BCUT2D eigenvalue weighted by Gasteiger charge is 2.22. The van der Waals surface area contributed by atoms with Crippen molar-refractivity contribution in [2.75, 3.05) is 14.2 Å². The lowest BCUT2D eigenvalue weighted by Crippen LogP contribution is -2.29. The van der Waals surface area contributed by atoms with E-state index in [-0.39, 0.29) is 22.7 Å². The molecule has 0 bridgehead atoms. The van der Waals surface area contributed by atoms with E-state index in [0.717, 1.165) is 0 Å². The molecule has 0 saturated carbocycles. The third kappa shape index (κ3) is 4.69. The number of non-ortho nitro benzene ring substituents is 1. The zero-order valence-corrected chi connectivity index (χ0v) is 14.9. The summed E-state index contributed by atoms with van der Waals surface area (Å²) in [4.78, 5) is 24.5. The molecule has 0 aromatic heterocycles. The Bertz CT molecular complexity index is 844. The molecular formula is C18H18F2N2O5. The molecule has 0 N–H and O–H groups in total. The van der Waals surface area contributed by atoms with Gasteiger partial charge in [0.25, 0.3) is 11.6 Å². The molecule has 0 spiro atoms. The molecule has 0 radical (unpaired) electrons. The molecule has 0 aliphatic heterocycles. The van der Waals surface area contributed by atoms with Crippen molar-refractivity contribution in [3.05, 3.63) is 63.7 Å². The molecule has 9 heteroatoms. The van der Waals surface area contributed by atoms with E-state index in [2.05, 4.69) is 4.74 Å². The largest absolute Gasteiger partial charge is 0.493 e. The number of rotatable bonds is 7. The van der Waals surface area contributed by atoms with Gasteiger partial charge in [0.2, 0.25) is 0 Å². The first kappa shape index (κ1) is 20.1. The van der Waals surface area contributed by atoms with Crippen molar-refractivity contribution in [1.82, 2.24) is 4.90 Å². The second kappa shape index (κ2) is 8.43.